The van der Waals surface area contributed by atoms with Crippen LogP contribution in [-0.4, -0.2) is 29.3 Å². The van der Waals surface area contributed by atoms with E-state index in [2.05, 4.69) is 54.0 Å². The van der Waals surface area contributed by atoms with E-state index in [1.54, 1.807) is 5.57 Å². The summed E-state index contributed by atoms with van der Waals surface area (Å²) in [5.74, 6) is 0.671. The predicted molar refractivity (Wildman–Crippen MR) is 96.9 cm³/mol. The Morgan fingerprint density at radius 1 is 1.17 bits per heavy atom. The van der Waals surface area contributed by atoms with Crippen LogP contribution in [0, 0.1) is 5.92 Å². The molecule has 0 saturated heterocycles. The Labute approximate surface area is 144 Å². The van der Waals surface area contributed by atoms with E-state index in [4.69, 9.17) is 5.11 Å². The second kappa shape index (κ2) is 7.84. The maximum absolute atomic E-state index is 10.7. The minimum Gasteiger partial charge on any atom is -0.465 e. The maximum Gasteiger partial charge on any atom is 0.404 e. The van der Waals surface area contributed by atoms with Crippen LogP contribution >= 0.6 is 0 Å². The molecule has 0 aromatic heterocycles. The quantitative estimate of drug-likeness (QED) is 0.738. The number of benzene rings is 1. The van der Waals surface area contributed by atoms with Crippen LogP contribution in [0.5, 0.6) is 0 Å². The minimum atomic E-state index is -0.896. The Balaban J connectivity index is 1.47. The van der Waals surface area contributed by atoms with Crippen LogP contribution in [0.4, 0.5) is 4.79 Å². The van der Waals surface area contributed by atoms with Gasteiger partial charge in [0, 0.05) is 18.1 Å². The number of hydrogen-bond donors (Lipinski definition) is 3. The van der Waals surface area contributed by atoms with Crippen LogP contribution in [0.25, 0.3) is 6.08 Å². The molecule has 2 saturated carbocycles. The van der Waals surface area contributed by atoms with Crippen LogP contribution in [0.3, 0.4) is 0 Å². The van der Waals surface area contributed by atoms with Gasteiger partial charge in [-0.2, -0.15) is 0 Å². The molecule has 2 atom stereocenters. The first kappa shape index (κ1) is 17.0. The Hall–Kier alpha value is -1.81. The molecule has 2 fully saturated rings. The average Bonchev–Trinajstić information content (AvgIpc) is 3.34. The molecule has 1 amide bonds. The van der Waals surface area contributed by atoms with E-state index in [-0.39, 0.29) is 6.04 Å². The lowest BCUT2D eigenvalue weighted by Gasteiger charge is -2.29. The summed E-state index contributed by atoms with van der Waals surface area (Å²) in [6.07, 6.45) is 7.82. The number of rotatable bonds is 6. The Kier molecular flexibility index (Phi) is 5.56. The molecular formula is C20H28N2O2. The molecule has 130 valence electrons. The molecule has 0 spiro atoms. The highest BCUT2D eigenvalue weighted by Crippen LogP contribution is 2.40. The molecule has 0 bridgehead atoms. The Morgan fingerprint density at radius 2 is 1.83 bits per heavy atom. The molecule has 0 unspecified atom stereocenters. The minimum absolute atomic E-state index is 0.139. The van der Waals surface area contributed by atoms with E-state index in [0.29, 0.717) is 18.0 Å². The van der Waals surface area contributed by atoms with Gasteiger partial charge in [-0.1, -0.05) is 48.9 Å². The van der Waals surface area contributed by atoms with Crippen molar-refractivity contribution >= 4 is 12.2 Å². The molecule has 0 aliphatic heterocycles. The van der Waals surface area contributed by atoms with Crippen molar-refractivity contribution in [1.29, 1.82) is 0 Å². The van der Waals surface area contributed by atoms with Crippen molar-refractivity contribution in [3.8, 4) is 0 Å². The number of nitrogens with one attached hydrogen (secondary N) is 2. The highest BCUT2D eigenvalue weighted by molar-refractivity contribution is 5.64. The van der Waals surface area contributed by atoms with Gasteiger partial charge < -0.3 is 15.7 Å². The normalized spacial score (nSPS) is 30.0. The summed E-state index contributed by atoms with van der Waals surface area (Å²) in [5, 5.41) is 15.2. The summed E-state index contributed by atoms with van der Waals surface area (Å²) >= 11 is 0. The van der Waals surface area contributed by atoms with Crippen LogP contribution in [-0.2, 0) is 0 Å². The first-order chi connectivity index (χ1) is 11.7. The summed E-state index contributed by atoms with van der Waals surface area (Å²) in [4.78, 5) is 10.7. The fourth-order valence-corrected chi connectivity index (χ4v) is 3.91. The summed E-state index contributed by atoms with van der Waals surface area (Å²) in [6.45, 7) is 2.24. The lowest BCUT2D eigenvalue weighted by molar-refractivity contribution is 0.183. The van der Waals surface area contributed by atoms with E-state index in [1.807, 2.05) is 0 Å². The zero-order valence-electron chi connectivity index (χ0n) is 14.4. The largest absolute Gasteiger partial charge is 0.465 e. The van der Waals surface area contributed by atoms with Crippen molar-refractivity contribution in [1.82, 2.24) is 10.6 Å². The van der Waals surface area contributed by atoms with Crippen molar-refractivity contribution in [2.24, 2.45) is 5.92 Å². The number of carboxylic acid groups (broad SMARTS) is 1. The molecule has 1 aromatic rings. The van der Waals surface area contributed by atoms with Crippen LogP contribution in [0.15, 0.2) is 35.9 Å². The highest BCUT2D eigenvalue weighted by atomic mass is 16.4. The molecule has 2 aliphatic rings. The molecule has 3 N–H and O–H groups in total. The molecule has 4 nitrogen and oxygen atoms in total. The highest BCUT2D eigenvalue weighted by Gasteiger charge is 2.40. The van der Waals surface area contributed by atoms with Gasteiger partial charge in [-0.25, -0.2) is 4.79 Å². The predicted octanol–water partition coefficient (Wildman–Crippen LogP) is 4.04. The van der Waals surface area contributed by atoms with E-state index in [0.717, 1.165) is 32.1 Å². The number of hydrogen-bond acceptors (Lipinski definition) is 2. The van der Waals surface area contributed by atoms with Crippen LogP contribution in [0.1, 0.15) is 51.0 Å². The van der Waals surface area contributed by atoms with Gasteiger partial charge in [-0.05, 0) is 50.0 Å². The Morgan fingerprint density at radius 3 is 2.46 bits per heavy atom. The molecule has 4 heteroatoms. The van der Waals surface area contributed by atoms with Gasteiger partial charge in [0.1, 0.15) is 0 Å². The third-order valence-corrected chi connectivity index (χ3v) is 5.33. The number of amides is 1. The van der Waals surface area contributed by atoms with Gasteiger partial charge in [0.25, 0.3) is 0 Å². The van der Waals surface area contributed by atoms with Gasteiger partial charge in [0.05, 0.1) is 0 Å². The fourth-order valence-electron chi connectivity index (χ4n) is 3.91. The molecule has 2 aliphatic carbocycles. The Bertz CT molecular complexity index is 577. The van der Waals surface area contributed by atoms with Crippen LogP contribution < -0.4 is 10.6 Å². The van der Waals surface area contributed by atoms with E-state index in [9.17, 15) is 4.79 Å². The van der Waals surface area contributed by atoms with E-state index in [1.165, 1.54) is 12.0 Å². The smallest absolute Gasteiger partial charge is 0.404 e. The molecule has 3 rings (SSSR count). The topological polar surface area (TPSA) is 61.4 Å². The van der Waals surface area contributed by atoms with Gasteiger partial charge >= 0.3 is 6.09 Å². The summed E-state index contributed by atoms with van der Waals surface area (Å²) in [7, 11) is 0. The van der Waals surface area contributed by atoms with Gasteiger partial charge in [-0.3, -0.25) is 0 Å². The average molecular weight is 328 g/mol. The molecule has 24 heavy (non-hydrogen) atoms. The summed E-state index contributed by atoms with van der Waals surface area (Å²) in [6, 6.07) is 11.8. The fraction of sp³-hybridized carbons (Fsp3) is 0.550. The summed E-state index contributed by atoms with van der Waals surface area (Å²) < 4.78 is 0. The van der Waals surface area contributed by atoms with Gasteiger partial charge in [0.15, 0.2) is 0 Å². The summed E-state index contributed by atoms with van der Waals surface area (Å²) in [5.41, 5.74) is 2.83. The zero-order chi connectivity index (χ0) is 16.9. The molecule has 1 aromatic carbocycles. The zero-order valence-corrected chi connectivity index (χ0v) is 14.4. The lowest BCUT2D eigenvalue weighted by atomic mass is 9.91. The third-order valence-electron chi connectivity index (χ3n) is 5.33. The second-order valence-corrected chi connectivity index (χ2v) is 7.10. The molecule has 0 radical (unpaired) electrons. The van der Waals surface area contributed by atoms with Crippen LogP contribution in [0.2, 0.25) is 0 Å². The second-order valence-electron chi connectivity index (χ2n) is 7.10. The SMILES string of the molecule is CCC(=Cc1ccccc1)[C@@H]1C[C@H]1N[C@H]1CC[C@@H](NC(=O)O)CC1. The molecule has 0 heterocycles. The van der Waals surface area contributed by atoms with Crippen molar-refractivity contribution in [3.63, 3.8) is 0 Å². The lowest BCUT2D eigenvalue weighted by Crippen LogP contribution is -2.42. The third kappa shape index (κ3) is 4.60. The number of carbonyl (C=O) groups is 1. The maximum atomic E-state index is 10.7. The first-order valence-corrected chi connectivity index (χ1v) is 9.16. The standard InChI is InChI=1S/C20H28N2O2/c1-2-15(12-14-6-4-3-5-7-14)18-13-19(18)21-16-8-10-17(11-9-16)22-20(23)24/h3-7,12,16-19,21-22H,2,8-11,13H2,1H3,(H,23,24)/t16-,17+,18-,19+/m0/s1. The van der Waals surface area contributed by atoms with Gasteiger partial charge in [0.2, 0.25) is 0 Å². The van der Waals surface area contributed by atoms with E-state index < -0.39 is 6.09 Å². The monoisotopic (exact) mass is 328 g/mol. The first-order valence-electron chi connectivity index (χ1n) is 9.16. The van der Waals surface area contributed by atoms with Crippen molar-refractivity contribution < 1.29 is 9.90 Å². The van der Waals surface area contributed by atoms with Gasteiger partial charge in [-0.15, -0.1) is 0 Å². The van der Waals surface area contributed by atoms with Crippen molar-refractivity contribution in [2.75, 3.05) is 0 Å². The van der Waals surface area contributed by atoms with Crippen molar-refractivity contribution in [3.05, 3.63) is 41.5 Å². The molecular weight excluding hydrogens is 300 g/mol. The van der Waals surface area contributed by atoms with Crippen molar-refractivity contribution in [2.45, 2.75) is 63.6 Å². The van der Waals surface area contributed by atoms with E-state index >= 15 is 0 Å².